The number of fused-ring (bicyclic) bond motifs is 7. The first-order valence-electron chi connectivity index (χ1n) is 16.7. The zero-order valence-corrected chi connectivity index (χ0v) is 26.9. The highest BCUT2D eigenvalue weighted by Gasteiger charge is 2.19. The van der Waals surface area contributed by atoms with Gasteiger partial charge in [0.2, 0.25) is 5.95 Å². The second-order valence-corrected chi connectivity index (χ2v) is 12.8. The maximum atomic E-state index is 5.35. The molecule has 230 valence electrons. The van der Waals surface area contributed by atoms with Crippen molar-refractivity contribution >= 4 is 54.5 Å². The molecule has 7 aromatic carbocycles. The molecule has 3 aromatic heterocycles. The Morgan fingerprint density at radius 3 is 1.63 bits per heavy atom. The molecule has 0 aliphatic heterocycles. The summed E-state index contributed by atoms with van der Waals surface area (Å²) in [5, 5.41) is 5.88. The lowest BCUT2D eigenvalue weighted by molar-refractivity contribution is 1.01. The molecule has 0 unspecified atom stereocenters. The first-order chi connectivity index (χ1) is 24.2. The monoisotopic (exact) mass is 626 g/mol. The molecule has 0 amide bonds. The fourth-order valence-corrected chi connectivity index (χ4v) is 7.51. The lowest BCUT2D eigenvalue weighted by Crippen LogP contribution is -2.03. The Bertz CT molecular complexity index is 2820. The molecule has 3 heterocycles. The normalized spacial score (nSPS) is 11.8. The third kappa shape index (κ3) is 4.31. The highest BCUT2D eigenvalue weighted by Crippen LogP contribution is 2.37. The molecule has 4 nitrogen and oxygen atoms in total. The molecule has 0 bridgehead atoms. The van der Waals surface area contributed by atoms with Gasteiger partial charge < -0.3 is 4.57 Å². The van der Waals surface area contributed by atoms with Gasteiger partial charge in [0.15, 0.2) is 0 Å². The third-order valence-electron chi connectivity index (χ3n) is 9.80. The summed E-state index contributed by atoms with van der Waals surface area (Å²) in [6, 6.07) is 58.4. The van der Waals surface area contributed by atoms with Gasteiger partial charge in [-0.2, -0.15) is 0 Å². The highest BCUT2D eigenvalue weighted by molar-refractivity contribution is 6.12. The number of hydrogen-bond donors (Lipinski definition) is 0. The molecule has 0 N–H and O–H groups in total. The Balaban J connectivity index is 1.20. The largest absolute Gasteiger partial charge is 0.309 e. The van der Waals surface area contributed by atoms with E-state index in [0.29, 0.717) is 5.95 Å². The van der Waals surface area contributed by atoms with Crippen molar-refractivity contribution in [2.24, 2.45) is 0 Å². The van der Waals surface area contributed by atoms with Gasteiger partial charge in [-0.1, -0.05) is 121 Å². The summed E-state index contributed by atoms with van der Waals surface area (Å²) >= 11 is 0. The second-order valence-electron chi connectivity index (χ2n) is 12.8. The average Bonchev–Trinajstić information content (AvgIpc) is 3.67. The zero-order chi connectivity index (χ0) is 32.5. The molecule has 0 saturated carbocycles. The molecule has 0 aliphatic rings. The van der Waals surface area contributed by atoms with E-state index < -0.39 is 0 Å². The minimum absolute atomic E-state index is 0.663. The molecule has 0 fully saturated rings. The minimum Gasteiger partial charge on any atom is -0.309 e. The molecule has 0 atom stereocenters. The Labute approximate surface area is 283 Å². The Morgan fingerprint density at radius 2 is 0.939 bits per heavy atom. The molecule has 0 saturated heterocycles. The van der Waals surface area contributed by atoms with Crippen LogP contribution in [0.15, 0.2) is 164 Å². The summed E-state index contributed by atoms with van der Waals surface area (Å²) in [5.74, 6) is 0.663. The summed E-state index contributed by atoms with van der Waals surface area (Å²) in [6.07, 6.45) is 0. The smallest absolute Gasteiger partial charge is 0.235 e. The van der Waals surface area contributed by atoms with Gasteiger partial charge in [-0.15, -0.1) is 0 Å². The molecule has 0 spiro atoms. The number of aromatic nitrogens is 4. The van der Waals surface area contributed by atoms with Gasteiger partial charge in [-0.3, -0.25) is 4.57 Å². The summed E-state index contributed by atoms with van der Waals surface area (Å²) in [4.78, 5) is 10.6. The van der Waals surface area contributed by atoms with Gasteiger partial charge in [-0.05, 0) is 66.1 Å². The van der Waals surface area contributed by atoms with E-state index in [0.717, 1.165) is 44.3 Å². The van der Waals surface area contributed by atoms with Crippen LogP contribution in [-0.4, -0.2) is 19.1 Å². The molecule has 0 radical (unpaired) electrons. The summed E-state index contributed by atoms with van der Waals surface area (Å²) in [6.45, 7) is 2.12. The van der Waals surface area contributed by atoms with Crippen molar-refractivity contribution in [1.29, 1.82) is 0 Å². The molecule has 0 aliphatic carbocycles. The Hall–Kier alpha value is -6.52. The number of benzene rings is 7. The predicted octanol–water partition coefficient (Wildman–Crippen LogP) is 11.5. The van der Waals surface area contributed by atoms with E-state index in [1.54, 1.807) is 0 Å². The SMILES string of the molecule is Cc1ccc2c(-c3ccc(-c4ccccc4)cc3)nc(-n3c4ccccc4c4cc(-n5c6ccccc6c6ccccc65)ccc43)nc2c1. The standard InChI is InChI=1S/C45H30N4/c1-29-19-25-37-39(27-29)46-45(47-44(37)32-22-20-31(21-23-32)30-11-3-2-4-12-30)49-42-18-10-7-15-36(42)38-28-33(24-26-43(38)49)48-40-16-8-5-13-34(40)35-14-6-9-17-41(35)48/h2-28H,1H3. The van der Waals surface area contributed by atoms with E-state index in [1.807, 2.05) is 6.07 Å². The van der Waals surface area contributed by atoms with Crippen molar-refractivity contribution in [3.8, 4) is 34.0 Å². The van der Waals surface area contributed by atoms with Crippen LogP contribution in [0.25, 0.3) is 88.5 Å². The number of aryl methyl sites for hydroxylation is 1. The fourth-order valence-electron chi connectivity index (χ4n) is 7.51. The fraction of sp³-hybridized carbons (Fsp3) is 0.0222. The maximum absolute atomic E-state index is 5.35. The summed E-state index contributed by atoms with van der Waals surface area (Å²) < 4.78 is 4.60. The number of para-hydroxylation sites is 3. The van der Waals surface area contributed by atoms with Crippen LogP contribution >= 0.6 is 0 Å². The van der Waals surface area contributed by atoms with Crippen molar-refractivity contribution in [3.63, 3.8) is 0 Å². The van der Waals surface area contributed by atoms with E-state index in [4.69, 9.17) is 9.97 Å². The van der Waals surface area contributed by atoms with E-state index in [2.05, 4.69) is 174 Å². The van der Waals surface area contributed by atoms with Crippen molar-refractivity contribution in [2.75, 3.05) is 0 Å². The van der Waals surface area contributed by atoms with Gasteiger partial charge >= 0.3 is 0 Å². The van der Waals surface area contributed by atoms with Crippen LogP contribution in [0, 0.1) is 6.92 Å². The summed E-state index contributed by atoms with van der Waals surface area (Å²) in [7, 11) is 0. The van der Waals surface area contributed by atoms with Gasteiger partial charge in [0.25, 0.3) is 0 Å². The minimum atomic E-state index is 0.663. The number of nitrogens with zero attached hydrogens (tertiary/aromatic N) is 4. The highest BCUT2D eigenvalue weighted by atomic mass is 15.2. The van der Waals surface area contributed by atoms with Crippen molar-refractivity contribution in [2.45, 2.75) is 6.92 Å². The molecule has 10 aromatic rings. The van der Waals surface area contributed by atoms with Gasteiger partial charge in [-0.25, -0.2) is 9.97 Å². The van der Waals surface area contributed by atoms with Gasteiger partial charge in [0.1, 0.15) is 0 Å². The van der Waals surface area contributed by atoms with Crippen LogP contribution < -0.4 is 0 Å². The van der Waals surface area contributed by atoms with E-state index in [-0.39, 0.29) is 0 Å². The Kier molecular flexibility index (Phi) is 6.06. The average molecular weight is 627 g/mol. The van der Waals surface area contributed by atoms with Crippen molar-refractivity contribution in [3.05, 3.63) is 169 Å². The Morgan fingerprint density at radius 1 is 0.388 bits per heavy atom. The van der Waals surface area contributed by atoms with Crippen LogP contribution in [0.3, 0.4) is 0 Å². The van der Waals surface area contributed by atoms with Crippen LogP contribution in [0.4, 0.5) is 0 Å². The predicted molar refractivity (Wildman–Crippen MR) is 204 cm³/mol. The molecule has 10 rings (SSSR count). The van der Waals surface area contributed by atoms with Gasteiger partial charge in [0.05, 0.1) is 33.3 Å². The van der Waals surface area contributed by atoms with Crippen LogP contribution in [-0.2, 0) is 0 Å². The second kappa shape index (κ2) is 10.8. The topological polar surface area (TPSA) is 35.6 Å². The first kappa shape index (κ1) is 27.6. The van der Waals surface area contributed by atoms with Gasteiger partial charge in [0, 0.05) is 38.2 Å². The lowest BCUT2D eigenvalue weighted by atomic mass is 10.0. The van der Waals surface area contributed by atoms with Crippen LogP contribution in [0.1, 0.15) is 5.56 Å². The molecule has 49 heavy (non-hydrogen) atoms. The van der Waals surface area contributed by atoms with Crippen LogP contribution in [0.5, 0.6) is 0 Å². The van der Waals surface area contributed by atoms with E-state index >= 15 is 0 Å². The maximum Gasteiger partial charge on any atom is 0.235 e. The molecular formula is C45H30N4. The van der Waals surface area contributed by atoms with Crippen LogP contribution in [0.2, 0.25) is 0 Å². The molecular weight excluding hydrogens is 597 g/mol. The van der Waals surface area contributed by atoms with E-state index in [9.17, 15) is 0 Å². The summed E-state index contributed by atoms with van der Waals surface area (Å²) in [5.41, 5.74) is 12.1. The first-order valence-corrected chi connectivity index (χ1v) is 16.7. The molecule has 4 heteroatoms. The zero-order valence-electron chi connectivity index (χ0n) is 26.9. The van der Waals surface area contributed by atoms with E-state index in [1.165, 1.54) is 43.9 Å². The lowest BCUT2D eigenvalue weighted by Gasteiger charge is -2.13. The van der Waals surface area contributed by atoms with Crippen molar-refractivity contribution in [1.82, 2.24) is 19.1 Å². The number of rotatable bonds is 4. The number of hydrogen-bond acceptors (Lipinski definition) is 2. The third-order valence-corrected chi connectivity index (χ3v) is 9.80. The van der Waals surface area contributed by atoms with Crippen molar-refractivity contribution < 1.29 is 0 Å². The quantitative estimate of drug-likeness (QED) is 0.195.